The van der Waals surface area contributed by atoms with Crippen LogP contribution in [0.25, 0.3) is 0 Å². The second kappa shape index (κ2) is 3.53. The molecule has 2 heteroatoms. The minimum atomic E-state index is 0.273. The number of fused-ring (bicyclic) bond motifs is 1. The van der Waals surface area contributed by atoms with Crippen LogP contribution in [0.2, 0.25) is 0 Å². The van der Waals surface area contributed by atoms with Crippen molar-refractivity contribution in [2.45, 2.75) is 25.7 Å². The standard InChI is InChI=1S/C13H20N2/c1-13(2)9-15(3)12-5-4-10(6-7-14)8-11(12)13/h4-5,8H,6-7,9,14H2,1-3H3. The van der Waals surface area contributed by atoms with Gasteiger partial charge in [0.05, 0.1) is 0 Å². The largest absolute Gasteiger partial charge is 0.373 e. The summed E-state index contributed by atoms with van der Waals surface area (Å²) in [5.74, 6) is 0. The highest BCUT2D eigenvalue weighted by molar-refractivity contribution is 5.62. The van der Waals surface area contributed by atoms with Crippen LogP contribution in [0.5, 0.6) is 0 Å². The molecule has 0 aliphatic carbocycles. The van der Waals surface area contributed by atoms with Gasteiger partial charge in [-0.1, -0.05) is 26.0 Å². The Morgan fingerprint density at radius 3 is 2.80 bits per heavy atom. The molecule has 2 nitrogen and oxygen atoms in total. The van der Waals surface area contributed by atoms with Gasteiger partial charge in [0.15, 0.2) is 0 Å². The number of anilines is 1. The first kappa shape index (κ1) is 10.5. The van der Waals surface area contributed by atoms with Gasteiger partial charge in [0.25, 0.3) is 0 Å². The molecule has 1 aromatic carbocycles. The highest BCUT2D eigenvalue weighted by atomic mass is 15.1. The molecule has 82 valence electrons. The molecule has 0 radical (unpaired) electrons. The molecule has 0 unspecified atom stereocenters. The van der Waals surface area contributed by atoms with Crippen molar-refractivity contribution < 1.29 is 0 Å². The first-order chi connectivity index (χ1) is 7.04. The Morgan fingerprint density at radius 2 is 2.13 bits per heavy atom. The fourth-order valence-corrected chi connectivity index (χ4v) is 2.54. The second-order valence-corrected chi connectivity index (χ2v) is 5.13. The Kier molecular flexibility index (Phi) is 2.47. The molecule has 1 aromatic rings. The molecule has 2 rings (SSSR count). The highest BCUT2D eigenvalue weighted by Gasteiger charge is 2.32. The topological polar surface area (TPSA) is 29.3 Å². The summed E-state index contributed by atoms with van der Waals surface area (Å²) in [5.41, 5.74) is 10.1. The summed E-state index contributed by atoms with van der Waals surface area (Å²) in [6.45, 7) is 6.45. The van der Waals surface area contributed by atoms with Crippen LogP contribution >= 0.6 is 0 Å². The summed E-state index contributed by atoms with van der Waals surface area (Å²) in [6, 6.07) is 6.75. The summed E-state index contributed by atoms with van der Waals surface area (Å²) in [6.07, 6.45) is 0.979. The van der Waals surface area contributed by atoms with E-state index in [0.717, 1.165) is 19.5 Å². The second-order valence-electron chi connectivity index (χ2n) is 5.13. The Balaban J connectivity index is 2.43. The maximum absolute atomic E-state index is 5.59. The number of nitrogens with zero attached hydrogens (tertiary/aromatic N) is 1. The number of hydrogen-bond donors (Lipinski definition) is 1. The maximum Gasteiger partial charge on any atom is 0.0402 e. The monoisotopic (exact) mass is 204 g/mol. The Bertz CT molecular complexity index is 369. The summed E-state index contributed by atoms with van der Waals surface area (Å²) in [4.78, 5) is 2.33. The number of nitrogens with two attached hydrogens (primary N) is 1. The first-order valence-electron chi connectivity index (χ1n) is 5.59. The molecule has 0 atom stereocenters. The zero-order chi connectivity index (χ0) is 11.1. The van der Waals surface area contributed by atoms with E-state index >= 15 is 0 Å². The van der Waals surface area contributed by atoms with E-state index in [-0.39, 0.29) is 5.41 Å². The van der Waals surface area contributed by atoms with E-state index in [2.05, 4.69) is 44.0 Å². The maximum atomic E-state index is 5.59. The Hall–Kier alpha value is -1.02. The normalized spacial score (nSPS) is 18.0. The average Bonchev–Trinajstić information content (AvgIpc) is 2.38. The van der Waals surface area contributed by atoms with Crippen molar-refractivity contribution in [3.8, 4) is 0 Å². The van der Waals surface area contributed by atoms with Gasteiger partial charge in [-0.2, -0.15) is 0 Å². The fraction of sp³-hybridized carbons (Fsp3) is 0.538. The van der Waals surface area contributed by atoms with Crippen LogP contribution in [0.4, 0.5) is 5.69 Å². The SMILES string of the molecule is CN1CC(C)(C)c2cc(CCN)ccc21. The summed E-state index contributed by atoms with van der Waals surface area (Å²) in [5, 5.41) is 0. The molecule has 0 aromatic heterocycles. The molecular weight excluding hydrogens is 184 g/mol. The summed E-state index contributed by atoms with van der Waals surface area (Å²) >= 11 is 0. The minimum absolute atomic E-state index is 0.273. The zero-order valence-corrected chi connectivity index (χ0v) is 9.88. The number of likely N-dealkylation sites (N-methyl/N-ethyl adjacent to an activating group) is 1. The summed E-state index contributed by atoms with van der Waals surface area (Å²) < 4.78 is 0. The number of hydrogen-bond acceptors (Lipinski definition) is 2. The van der Waals surface area contributed by atoms with Gasteiger partial charge in [0, 0.05) is 24.7 Å². The van der Waals surface area contributed by atoms with E-state index in [1.165, 1.54) is 16.8 Å². The third-order valence-electron chi connectivity index (χ3n) is 3.27. The Labute approximate surface area is 92.1 Å². The van der Waals surface area contributed by atoms with Crippen molar-refractivity contribution in [2.75, 3.05) is 25.0 Å². The van der Waals surface area contributed by atoms with Crippen molar-refractivity contribution in [1.82, 2.24) is 0 Å². The third-order valence-corrected chi connectivity index (χ3v) is 3.27. The van der Waals surface area contributed by atoms with Crippen LogP contribution in [0.3, 0.4) is 0 Å². The van der Waals surface area contributed by atoms with Crippen molar-refractivity contribution in [3.63, 3.8) is 0 Å². The van der Waals surface area contributed by atoms with E-state index in [9.17, 15) is 0 Å². The van der Waals surface area contributed by atoms with Crippen LogP contribution in [0, 0.1) is 0 Å². The molecule has 0 spiro atoms. The molecule has 1 aliphatic rings. The lowest BCUT2D eigenvalue weighted by Gasteiger charge is -2.18. The predicted molar refractivity (Wildman–Crippen MR) is 65.5 cm³/mol. The van der Waals surface area contributed by atoms with Gasteiger partial charge in [0.1, 0.15) is 0 Å². The molecule has 1 aliphatic heterocycles. The Morgan fingerprint density at radius 1 is 1.40 bits per heavy atom. The molecule has 0 fully saturated rings. The van der Waals surface area contributed by atoms with Crippen molar-refractivity contribution >= 4 is 5.69 Å². The molecule has 0 saturated carbocycles. The molecular formula is C13H20N2. The average molecular weight is 204 g/mol. The van der Waals surface area contributed by atoms with Gasteiger partial charge >= 0.3 is 0 Å². The zero-order valence-electron chi connectivity index (χ0n) is 9.88. The highest BCUT2D eigenvalue weighted by Crippen LogP contribution is 2.39. The van der Waals surface area contributed by atoms with Crippen LogP contribution in [0.1, 0.15) is 25.0 Å². The number of rotatable bonds is 2. The summed E-state index contributed by atoms with van der Waals surface area (Å²) in [7, 11) is 2.16. The van der Waals surface area contributed by atoms with Gasteiger partial charge in [0.2, 0.25) is 0 Å². The van der Waals surface area contributed by atoms with Gasteiger partial charge in [-0.05, 0) is 30.2 Å². The van der Waals surface area contributed by atoms with Crippen LogP contribution < -0.4 is 10.6 Å². The first-order valence-corrected chi connectivity index (χ1v) is 5.59. The molecule has 2 N–H and O–H groups in total. The van der Waals surface area contributed by atoms with Crippen LogP contribution in [-0.4, -0.2) is 20.1 Å². The lowest BCUT2D eigenvalue weighted by Crippen LogP contribution is -2.25. The molecule has 0 saturated heterocycles. The van der Waals surface area contributed by atoms with E-state index in [1.54, 1.807) is 0 Å². The fourth-order valence-electron chi connectivity index (χ4n) is 2.54. The molecule has 0 amide bonds. The van der Waals surface area contributed by atoms with E-state index in [0.29, 0.717) is 0 Å². The van der Waals surface area contributed by atoms with Crippen LogP contribution in [0.15, 0.2) is 18.2 Å². The predicted octanol–water partition coefficient (Wildman–Crippen LogP) is 1.92. The number of benzene rings is 1. The quantitative estimate of drug-likeness (QED) is 0.797. The van der Waals surface area contributed by atoms with Gasteiger partial charge < -0.3 is 10.6 Å². The smallest absolute Gasteiger partial charge is 0.0402 e. The lowest BCUT2D eigenvalue weighted by molar-refractivity contribution is 0.562. The molecule has 1 heterocycles. The van der Waals surface area contributed by atoms with E-state index < -0.39 is 0 Å². The van der Waals surface area contributed by atoms with Crippen molar-refractivity contribution in [2.24, 2.45) is 5.73 Å². The van der Waals surface area contributed by atoms with Gasteiger partial charge in [-0.15, -0.1) is 0 Å². The molecule has 15 heavy (non-hydrogen) atoms. The minimum Gasteiger partial charge on any atom is -0.373 e. The van der Waals surface area contributed by atoms with E-state index in [1.807, 2.05) is 0 Å². The van der Waals surface area contributed by atoms with Gasteiger partial charge in [-0.3, -0.25) is 0 Å². The van der Waals surface area contributed by atoms with Gasteiger partial charge in [-0.25, -0.2) is 0 Å². The van der Waals surface area contributed by atoms with E-state index in [4.69, 9.17) is 5.73 Å². The van der Waals surface area contributed by atoms with Crippen molar-refractivity contribution in [3.05, 3.63) is 29.3 Å². The molecule has 0 bridgehead atoms. The van der Waals surface area contributed by atoms with Crippen molar-refractivity contribution in [1.29, 1.82) is 0 Å². The third kappa shape index (κ3) is 1.74. The lowest BCUT2D eigenvalue weighted by atomic mass is 9.86. The van der Waals surface area contributed by atoms with Crippen LogP contribution in [-0.2, 0) is 11.8 Å².